The van der Waals surface area contributed by atoms with Crippen molar-refractivity contribution in [3.8, 4) is 0 Å². The van der Waals surface area contributed by atoms with Crippen molar-refractivity contribution in [2.75, 3.05) is 6.54 Å². The molecule has 9 heteroatoms. The molecule has 0 radical (unpaired) electrons. The van der Waals surface area contributed by atoms with E-state index in [2.05, 4.69) is 20.6 Å². The summed E-state index contributed by atoms with van der Waals surface area (Å²) < 4.78 is 53.2. The van der Waals surface area contributed by atoms with Crippen LogP contribution < -0.4 is 10.6 Å². The molecule has 27 heavy (non-hydrogen) atoms. The topological polar surface area (TPSA) is 66.9 Å². The van der Waals surface area contributed by atoms with Crippen LogP contribution in [0, 0.1) is 5.95 Å². The molecule has 1 saturated carbocycles. The molecule has 1 aliphatic rings. The van der Waals surface area contributed by atoms with Gasteiger partial charge in [0.1, 0.15) is 0 Å². The zero-order valence-electron chi connectivity index (χ0n) is 14.3. The molecule has 0 aliphatic heterocycles. The lowest BCUT2D eigenvalue weighted by Crippen LogP contribution is -2.46. The van der Waals surface area contributed by atoms with Gasteiger partial charge in [-0.15, -0.1) is 0 Å². The fraction of sp³-hybridized carbons (Fsp3) is 0.389. The number of nitrogens with zero attached hydrogens (tertiary/aromatic N) is 2. The number of hydrogen-bond donors (Lipinski definition) is 2. The molecule has 2 N–H and O–H groups in total. The highest BCUT2D eigenvalue weighted by atomic mass is 19.4. The molecule has 3 rings (SSSR count). The molecular weight excluding hydrogens is 364 g/mol. The Kier molecular flexibility index (Phi) is 5.57. The predicted octanol–water partition coefficient (Wildman–Crippen LogP) is 3.62. The zero-order valence-corrected chi connectivity index (χ0v) is 14.3. The van der Waals surface area contributed by atoms with Gasteiger partial charge in [0, 0.05) is 36.5 Å². The molecule has 0 aromatic carbocycles. The lowest BCUT2D eigenvalue weighted by molar-refractivity contribution is -0.137. The van der Waals surface area contributed by atoms with Crippen LogP contribution in [0.3, 0.4) is 0 Å². The third-order valence-electron chi connectivity index (χ3n) is 4.54. The van der Waals surface area contributed by atoms with E-state index in [0.717, 1.165) is 37.6 Å². The number of rotatable bonds is 5. The van der Waals surface area contributed by atoms with Crippen molar-refractivity contribution in [1.29, 1.82) is 0 Å². The molecule has 0 spiro atoms. The third-order valence-corrected chi connectivity index (χ3v) is 4.54. The predicted molar refractivity (Wildman–Crippen MR) is 89.5 cm³/mol. The standard InChI is InChI=1S/C18H18F4N4O/c19-16-13(5-2-7-24-16)14(10-25-17(27)26-12-3-1-4-12)15-9-11(6-8-23-15)18(20,21)22/h2,5-9,12,14H,1,3-4,10H2,(H2,25,26,27). The van der Waals surface area contributed by atoms with Gasteiger partial charge in [0.25, 0.3) is 0 Å². The Morgan fingerprint density at radius 1 is 1.22 bits per heavy atom. The first kappa shape index (κ1) is 19.1. The van der Waals surface area contributed by atoms with E-state index in [9.17, 15) is 22.4 Å². The first-order valence-corrected chi connectivity index (χ1v) is 8.52. The molecule has 5 nitrogen and oxygen atoms in total. The number of alkyl halides is 3. The van der Waals surface area contributed by atoms with Gasteiger partial charge in [-0.25, -0.2) is 9.78 Å². The second kappa shape index (κ2) is 7.89. The number of carbonyl (C=O) groups is 1. The van der Waals surface area contributed by atoms with Crippen molar-refractivity contribution < 1.29 is 22.4 Å². The Morgan fingerprint density at radius 2 is 2.00 bits per heavy atom. The van der Waals surface area contributed by atoms with Crippen LogP contribution in [0.15, 0.2) is 36.7 Å². The number of halogens is 4. The smallest absolute Gasteiger partial charge is 0.337 e. The normalized spacial score (nSPS) is 15.7. The minimum absolute atomic E-state index is 0.000620. The summed E-state index contributed by atoms with van der Waals surface area (Å²) in [6.45, 7) is -0.116. The van der Waals surface area contributed by atoms with Gasteiger partial charge in [-0.3, -0.25) is 4.98 Å². The van der Waals surface area contributed by atoms with E-state index in [1.165, 1.54) is 18.3 Å². The molecule has 144 valence electrons. The minimum atomic E-state index is -4.55. The number of urea groups is 1. The van der Waals surface area contributed by atoms with E-state index in [4.69, 9.17) is 0 Å². The summed E-state index contributed by atoms with van der Waals surface area (Å²) in [5, 5.41) is 5.36. The van der Waals surface area contributed by atoms with Gasteiger partial charge in [-0.1, -0.05) is 6.07 Å². The fourth-order valence-electron chi connectivity index (χ4n) is 2.83. The highest BCUT2D eigenvalue weighted by Crippen LogP contribution is 2.32. The molecule has 0 saturated heterocycles. The summed E-state index contributed by atoms with van der Waals surface area (Å²) in [5.41, 5.74) is -0.824. The van der Waals surface area contributed by atoms with E-state index in [1.54, 1.807) is 0 Å². The van der Waals surface area contributed by atoms with Crippen LogP contribution in [0.25, 0.3) is 0 Å². The van der Waals surface area contributed by atoms with Crippen LogP contribution in [0.4, 0.5) is 22.4 Å². The van der Waals surface area contributed by atoms with E-state index in [1.807, 2.05) is 0 Å². The maximum atomic E-state index is 14.2. The molecule has 2 aromatic heterocycles. The van der Waals surface area contributed by atoms with Crippen molar-refractivity contribution in [1.82, 2.24) is 20.6 Å². The average Bonchev–Trinajstić information content (AvgIpc) is 2.59. The van der Waals surface area contributed by atoms with E-state index >= 15 is 0 Å². The highest BCUT2D eigenvalue weighted by molar-refractivity contribution is 5.74. The van der Waals surface area contributed by atoms with Crippen molar-refractivity contribution in [2.24, 2.45) is 0 Å². The molecule has 2 amide bonds. The number of nitrogens with one attached hydrogen (secondary N) is 2. The Labute approximate surface area is 153 Å². The van der Waals surface area contributed by atoms with Crippen LogP contribution in [0.2, 0.25) is 0 Å². The van der Waals surface area contributed by atoms with Crippen molar-refractivity contribution in [3.63, 3.8) is 0 Å². The Morgan fingerprint density at radius 3 is 2.63 bits per heavy atom. The molecule has 2 aromatic rings. The zero-order chi connectivity index (χ0) is 19.4. The van der Waals surface area contributed by atoms with Crippen LogP contribution in [0.1, 0.15) is 42.0 Å². The Hall–Kier alpha value is -2.71. The number of hydrogen-bond acceptors (Lipinski definition) is 3. The van der Waals surface area contributed by atoms with Gasteiger partial charge in [0.05, 0.1) is 11.3 Å². The van der Waals surface area contributed by atoms with Crippen molar-refractivity contribution in [3.05, 3.63) is 59.4 Å². The number of pyridine rings is 2. The Bertz CT molecular complexity index is 808. The van der Waals surface area contributed by atoms with Gasteiger partial charge >= 0.3 is 12.2 Å². The van der Waals surface area contributed by atoms with Gasteiger partial charge in [-0.05, 0) is 37.5 Å². The summed E-state index contributed by atoms with van der Waals surface area (Å²) in [5.74, 6) is -1.73. The highest BCUT2D eigenvalue weighted by Gasteiger charge is 2.32. The molecule has 1 atom stereocenters. The van der Waals surface area contributed by atoms with Gasteiger partial charge in [0.15, 0.2) is 0 Å². The summed E-state index contributed by atoms with van der Waals surface area (Å²) >= 11 is 0. The lowest BCUT2D eigenvalue weighted by atomic mass is 9.93. The summed E-state index contributed by atoms with van der Waals surface area (Å²) in [4.78, 5) is 19.5. The second-order valence-electron chi connectivity index (χ2n) is 6.39. The minimum Gasteiger partial charge on any atom is -0.337 e. The monoisotopic (exact) mass is 382 g/mol. The molecular formula is C18H18F4N4O. The summed E-state index contributed by atoms with van der Waals surface area (Å²) in [6.07, 6.45) is 0.542. The third kappa shape index (κ3) is 4.72. The lowest BCUT2D eigenvalue weighted by Gasteiger charge is -2.27. The Balaban J connectivity index is 1.84. The quantitative estimate of drug-likeness (QED) is 0.613. The molecule has 2 heterocycles. The maximum Gasteiger partial charge on any atom is 0.416 e. The van der Waals surface area contributed by atoms with Crippen LogP contribution in [-0.2, 0) is 6.18 Å². The molecule has 1 aliphatic carbocycles. The molecule has 1 fully saturated rings. The first-order chi connectivity index (χ1) is 12.8. The van der Waals surface area contributed by atoms with Crippen molar-refractivity contribution >= 4 is 6.03 Å². The van der Waals surface area contributed by atoms with E-state index < -0.39 is 29.6 Å². The SMILES string of the molecule is O=C(NCC(c1cc(C(F)(F)F)ccn1)c1cccnc1F)NC1CCC1. The molecule has 0 bridgehead atoms. The average molecular weight is 382 g/mol. The van der Waals surface area contributed by atoms with Gasteiger partial charge < -0.3 is 10.6 Å². The summed E-state index contributed by atoms with van der Waals surface area (Å²) in [6, 6.07) is 4.26. The number of carbonyl (C=O) groups excluding carboxylic acids is 1. The second-order valence-corrected chi connectivity index (χ2v) is 6.39. The summed E-state index contributed by atoms with van der Waals surface area (Å²) in [7, 11) is 0. The largest absolute Gasteiger partial charge is 0.416 e. The van der Waals surface area contributed by atoms with Gasteiger partial charge in [0.2, 0.25) is 5.95 Å². The van der Waals surface area contributed by atoms with Crippen LogP contribution in [-0.4, -0.2) is 28.6 Å². The number of amides is 2. The van der Waals surface area contributed by atoms with Gasteiger partial charge in [-0.2, -0.15) is 17.6 Å². The fourth-order valence-corrected chi connectivity index (χ4v) is 2.83. The van der Waals surface area contributed by atoms with Crippen LogP contribution >= 0.6 is 0 Å². The van der Waals surface area contributed by atoms with E-state index in [0.29, 0.717) is 0 Å². The first-order valence-electron chi connectivity index (χ1n) is 8.52. The van der Waals surface area contributed by atoms with E-state index in [-0.39, 0.29) is 23.8 Å². The van der Waals surface area contributed by atoms with Crippen LogP contribution in [0.5, 0.6) is 0 Å². The van der Waals surface area contributed by atoms with Crippen molar-refractivity contribution in [2.45, 2.75) is 37.4 Å². The maximum absolute atomic E-state index is 14.2. The molecule has 1 unspecified atom stereocenters. The number of aromatic nitrogens is 2.